The minimum Gasteiger partial charge on any atom is -0.215 e. The van der Waals surface area contributed by atoms with Crippen molar-refractivity contribution in [1.82, 2.24) is 9.97 Å². The van der Waals surface area contributed by atoms with Crippen molar-refractivity contribution < 1.29 is 0 Å². The van der Waals surface area contributed by atoms with E-state index in [1.54, 1.807) is 11.3 Å². The Morgan fingerprint density at radius 3 is 2.36 bits per heavy atom. The highest BCUT2D eigenvalue weighted by Gasteiger charge is 2.10. The van der Waals surface area contributed by atoms with Crippen LogP contribution in [-0.4, -0.2) is 9.97 Å². The monoisotopic (exact) mass is 308 g/mol. The van der Waals surface area contributed by atoms with Gasteiger partial charge in [-0.3, -0.25) is 0 Å². The molecule has 0 bridgehead atoms. The van der Waals surface area contributed by atoms with Gasteiger partial charge in [0, 0.05) is 10.9 Å². The molecule has 0 saturated heterocycles. The van der Waals surface area contributed by atoms with E-state index >= 15 is 0 Å². The second-order valence-corrected chi connectivity index (χ2v) is 4.74. The van der Waals surface area contributed by atoms with Gasteiger partial charge in [0.15, 0.2) is 5.82 Å². The lowest BCUT2D eigenvalue weighted by Gasteiger charge is -2.01. The highest BCUT2D eigenvalue weighted by Crippen LogP contribution is 2.30. The molecule has 2 heterocycles. The highest BCUT2D eigenvalue weighted by molar-refractivity contribution is 9.10. The summed E-state index contributed by atoms with van der Waals surface area (Å²) in [5.74, 6) is 0.546. The zero-order valence-corrected chi connectivity index (χ0v) is 10.6. The first kappa shape index (κ1) is 10.4. The summed E-state index contributed by atoms with van der Waals surface area (Å²) in [5, 5.41) is 4.54. The summed E-state index contributed by atoms with van der Waals surface area (Å²) in [6.07, 6.45) is 0. The lowest BCUT2D eigenvalue weighted by molar-refractivity contribution is 1.16. The molecular weight excluding hydrogens is 307 g/mol. The van der Waals surface area contributed by atoms with Crippen LogP contribution in [0.15, 0.2) is 21.3 Å². The standard InChI is InChI=1S/C8H3BrCl2N2S/c9-5-6(10)12-8(13-7(5)11)4-1-2-14-3-4/h1-3H. The van der Waals surface area contributed by atoms with Crippen molar-refractivity contribution in [1.29, 1.82) is 0 Å². The summed E-state index contributed by atoms with van der Waals surface area (Å²) >= 11 is 16.5. The molecule has 0 aliphatic heterocycles. The SMILES string of the molecule is Clc1nc(-c2ccsc2)nc(Cl)c1Br. The predicted molar refractivity (Wildman–Crippen MR) is 63.1 cm³/mol. The van der Waals surface area contributed by atoms with E-state index in [1.807, 2.05) is 16.8 Å². The number of rotatable bonds is 1. The van der Waals surface area contributed by atoms with Crippen LogP contribution < -0.4 is 0 Å². The molecule has 0 aromatic carbocycles. The van der Waals surface area contributed by atoms with Gasteiger partial charge in [0.2, 0.25) is 0 Å². The third-order valence-electron chi connectivity index (χ3n) is 1.55. The molecule has 0 saturated carbocycles. The molecule has 0 unspecified atom stereocenters. The Labute approximate surface area is 103 Å². The second-order valence-electron chi connectivity index (χ2n) is 2.45. The Morgan fingerprint density at radius 1 is 1.21 bits per heavy atom. The van der Waals surface area contributed by atoms with Crippen LogP contribution in [0.3, 0.4) is 0 Å². The van der Waals surface area contributed by atoms with E-state index in [1.165, 1.54) is 0 Å². The van der Waals surface area contributed by atoms with E-state index in [-0.39, 0.29) is 0 Å². The van der Waals surface area contributed by atoms with Gasteiger partial charge in [-0.05, 0) is 27.4 Å². The summed E-state index contributed by atoms with van der Waals surface area (Å²) in [7, 11) is 0. The Morgan fingerprint density at radius 2 is 1.86 bits per heavy atom. The van der Waals surface area contributed by atoms with E-state index in [9.17, 15) is 0 Å². The summed E-state index contributed by atoms with van der Waals surface area (Å²) in [4.78, 5) is 8.21. The topological polar surface area (TPSA) is 25.8 Å². The Hall–Kier alpha value is -0.160. The molecule has 0 atom stereocenters. The molecule has 0 fully saturated rings. The summed E-state index contributed by atoms with van der Waals surface area (Å²) in [6.45, 7) is 0. The van der Waals surface area contributed by atoms with Gasteiger partial charge in [-0.15, -0.1) is 0 Å². The van der Waals surface area contributed by atoms with Crippen LogP contribution in [-0.2, 0) is 0 Å². The first-order valence-electron chi connectivity index (χ1n) is 3.59. The maximum atomic E-state index is 5.86. The maximum Gasteiger partial charge on any atom is 0.163 e. The van der Waals surface area contributed by atoms with Crippen LogP contribution in [0.5, 0.6) is 0 Å². The van der Waals surface area contributed by atoms with Crippen molar-refractivity contribution in [2.45, 2.75) is 0 Å². The molecule has 2 nitrogen and oxygen atoms in total. The first-order chi connectivity index (χ1) is 6.68. The van der Waals surface area contributed by atoms with Crippen molar-refractivity contribution in [3.05, 3.63) is 31.6 Å². The average Bonchev–Trinajstić information content (AvgIpc) is 2.66. The van der Waals surface area contributed by atoms with Crippen LogP contribution in [0.4, 0.5) is 0 Å². The quantitative estimate of drug-likeness (QED) is 0.735. The molecule has 0 aliphatic carbocycles. The molecular formula is C8H3BrCl2N2S. The normalized spacial score (nSPS) is 10.5. The van der Waals surface area contributed by atoms with Crippen LogP contribution in [0, 0.1) is 0 Å². The van der Waals surface area contributed by atoms with Crippen molar-refractivity contribution in [3.8, 4) is 11.4 Å². The molecule has 0 amide bonds. The number of nitrogens with zero attached hydrogens (tertiary/aromatic N) is 2. The van der Waals surface area contributed by atoms with Crippen molar-refractivity contribution in [2.75, 3.05) is 0 Å². The number of hydrogen-bond donors (Lipinski definition) is 0. The van der Waals surface area contributed by atoms with Gasteiger partial charge in [-0.25, -0.2) is 9.97 Å². The number of aromatic nitrogens is 2. The van der Waals surface area contributed by atoms with E-state index in [4.69, 9.17) is 23.2 Å². The van der Waals surface area contributed by atoms with E-state index in [0.717, 1.165) is 5.56 Å². The minimum absolute atomic E-state index is 0.325. The molecule has 0 radical (unpaired) electrons. The average molecular weight is 310 g/mol. The molecule has 6 heteroatoms. The Bertz CT molecular complexity index is 435. The van der Waals surface area contributed by atoms with Gasteiger partial charge in [0.05, 0.1) is 4.47 Å². The van der Waals surface area contributed by atoms with Gasteiger partial charge in [0.25, 0.3) is 0 Å². The van der Waals surface area contributed by atoms with Crippen molar-refractivity contribution >= 4 is 50.5 Å². The molecule has 14 heavy (non-hydrogen) atoms. The molecule has 2 aromatic heterocycles. The van der Waals surface area contributed by atoms with Crippen LogP contribution >= 0.6 is 50.5 Å². The highest BCUT2D eigenvalue weighted by atomic mass is 79.9. The molecule has 72 valence electrons. The van der Waals surface area contributed by atoms with E-state index in [2.05, 4.69) is 25.9 Å². The third kappa shape index (κ3) is 1.93. The number of thiophene rings is 1. The first-order valence-corrected chi connectivity index (χ1v) is 6.09. The fourth-order valence-corrected chi connectivity index (χ4v) is 2.11. The minimum atomic E-state index is 0.325. The smallest absolute Gasteiger partial charge is 0.163 e. The van der Waals surface area contributed by atoms with Crippen molar-refractivity contribution in [2.24, 2.45) is 0 Å². The third-order valence-corrected chi connectivity index (χ3v) is 3.99. The zero-order valence-electron chi connectivity index (χ0n) is 6.67. The van der Waals surface area contributed by atoms with Gasteiger partial charge in [-0.1, -0.05) is 23.2 Å². The van der Waals surface area contributed by atoms with Gasteiger partial charge >= 0.3 is 0 Å². The van der Waals surface area contributed by atoms with Crippen LogP contribution in [0.25, 0.3) is 11.4 Å². The fourth-order valence-electron chi connectivity index (χ4n) is 0.915. The van der Waals surface area contributed by atoms with Crippen LogP contribution in [0.2, 0.25) is 10.3 Å². The predicted octanol–water partition coefficient (Wildman–Crippen LogP) is 4.27. The van der Waals surface area contributed by atoms with Gasteiger partial charge in [-0.2, -0.15) is 11.3 Å². The Balaban J connectivity index is 2.57. The summed E-state index contributed by atoms with van der Waals surface area (Å²) in [5.41, 5.74) is 0.923. The number of halogens is 3. The molecule has 2 aromatic rings. The largest absolute Gasteiger partial charge is 0.215 e. The van der Waals surface area contributed by atoms with E-state index < -0.39 is 0 Å². The lowest BCUT2D eigenvalue weighted by atomic mass is 10.3. The second kappa shape index (κ2) is 4.14. The maximum absolute atomic E-state index is 5.86. The summed E-state index contributed by atoms with van der Waals surface area (Å²) < 4.78 is 0.528. The zero-order chi connectivity index (χ0) is 10.1. The molecule has 0 aliphatic rings. The Kier molecular flexibility index (Phi) is 3.07. The summed E-state index contributed by atoms with van der Waals surface area (Å²) in [6, 6.07) is 1.92. The van der Waals surface area contributed by atoms with Crippen LogP contribution in [0.1, 0.15) is 0 Å². The van der Waals surface area contributed by atoms with E-state index in [0.29, 0.717) is 20.6 Å². The lowest BCUT2D eigenvalue weighted by Crippen LogP contribution is -1.90. The molecule has 2 rings (SSSR count). The van der Waals surface area contributed by atoms with Gasteiger partial charge in [0.1, 0.15) is 10.3 Å². The van der Waals surface area contributed by atoms with Gasteiger partial charge < -0.3 is 0 Å². The molecule has 0 spiro atoms. The number of hydrogen-bond acceptors (Lipinski definition) is 3. The fraction of sp³-hybridized carbons (Fsp3) is 0. The molecule has 0 N–H and O–H groups in total. The van der Waals surface area contributed by atoms with Crippen molar-refractivity contribution in [3.63, 3.8) is 0 Å².